The molecule has 2 aromatic carbocycles. The van der Waals surface area contributed by atoms with E-state index in [-0.39, 0.29) is 0 Å². The Morgan fingerprint density at radius 3 is 2.86 bits per heavy atom. The number of nitrogens with one attached hydrogen (secondary N) is 2. The number of hydrogen-bond acceptors (Lipinski definition) is 2. The van der Waals surface area contributed by atoms with E-state index in [9.17, 15) is 0 Å². The Morgan fingerprint density at radius 1 is 1.14 bits per heavy atom. The molecule has 0 radical (unpaired) electrons. The fourth-order valence-electron chi connectivity index (χ4n) is 3.06. The molecule has 1 aromatic heterocycles. The van der Waals surface area contributed by atoms with Gasteiger partial charge in [0.05, 0.1) is 11.7 Å². The first-order chi connectivity index (χ1) is 10.3. The summed E-state index contributed by atoms with van der Waals surface area (Å²) >= 11 is 6.26. The SMILES string of the molecule is Clc1ccccc1C1CC(Nc2ccc3[nH]ncc3c2)C1. The summed E-state index contributed by atoms with van der Waals surface area (Å²) in [5.41, 5.74) is 3.51. The van der Waals surface area contributed by atoms with Crippen molar-refractivity contribution in [3.05, 3.63) is 59.2 Å². The van der Waals surface area contributed by atoms with Crippen LogP contribution >= 0.6 is 11.6 Å². The van der Waals surface area contributed by atoms with E-state index in [2.05, 4.69) is 45.8 Å². The number of fused-ring (bicyclic) bond motifs is 1. The Balaban J connectivity index is 1.43. The molecule has 1 aliphatic rings. The van der Waals surface area contributed by atoms with E-state index in [0.29, 0.717) is 12.0 Å². The highest BCUT2D eigenvalue weighted by atomic mass is 35.5. The molecule has 1 aliphatic carbocycles. The number of benzene rings is 2. The highest BCUT2D eigenvalue weighted by Crippen LogP contribution is 2.41. The first-order valence-corrected chi connectivity index (χ1v) is 7.61. The molecular weight excluding hydrogens is 282 g/mol. The van der Waals surface area contributed by atoms with Gasteiger partial charge < -0.3 is 5.32 Å². The van der Waals surface area contributed by atoms with Gasteiger partial charge >= 0.3 is 0 Å². The minimum absolute atomic E-state index is 0.524. The van der Waals surface area contributed by atoms with E-state index in [4.69, 9.17) is 11.6 Å². The van der Waals surface area contributed by atoms with E-state index in [1.807, 2.05) is 18.3 Å². The van der Waals surface area contributed by atoms with Crippen LogP contribution in [-0.4, -0.2) is 16.2 Å². The quantitative estimate of drug-likeness (QED) is 0.743. The molecule has 1 fully saturated rings. The van der Waals surface area contributed by atoms with E-state index in [1.54, 1.807) is 0 Å². The fourth-order valence-corrected chi connectivity index (χ4v) is 3.35. The minimum atomic E-state index is 0.524. The Morgan fingerprint density at radius 2 is 2.00 bits per heavy atom. The third kappa shape index (κ3) is 2.38. The molecule has 2 N–H and O–H groups in total. The maximum atomic E-state index is 6.26. The summed E-state index contributed by atoms with van der Waals surface area (Å²) in [6.45, 7) is 0. The summed E-state index contributed by atoms with van der Waals surface area (Å²) in [5, 5.41) is 12.6. The zero-order valence-corrected chi connectivity index (χ0v) is 12.3. The molecule has 3 nitrogen and oxygen atoms in total. The molecule has 1 heterocycles. The van der Waals surface area contributed by atoms with Crippen LogP contribution < -0.4 is 5.32 Å². The molecule has 106 valence electrons. The minimum Gasteiger partial charge on any atom is -0.382 e. The lowest BCUT2D eigenvalue weighted by molar-refractivity contribution is 0.374. The van der Waals surface area contributed by atoms with Crippen LogP contribution in [0.4, 0.5) is 5.69 Å². The summed E-state index contributed by atoms with van der Waals surface area (Å²) in [6.07, 6.45) is 4.12. The average molecular weight is 298 g/mol. The van der Waals surface area contributed by atoms with Gasteiger partial charge in [0, 0.05) is 22.1 Å². The molecule has 0 spiro atoms. The Labute approximate surface area is 128 Å². The molecule has 0 unspecified atom stereocenters. The summed E-state index contributed by atoms with van der Waals surface area (Å²) in [6, 6.07) is 15.0. The van der Waals surface area contributed by atoms with Crippen molar-refractivity contribution in [2.75, 3.05) is 5.32 Å². The summed E-state index contributed by atoms with van der Waals surface area (Å²) in [7, 11) is 0. The molecule has 4 heteroatoms. The van der Waals surface area contributed by atoms with Gasteiger partial charge in [-0.25, -0.2) is 0 Å². The van der Waals surface area contributed by atoms with E-state index < -0.39 is 0 Å². The van der Waals surface area contributed by atoms with E-state index in [1.165, 1.54) is 5.56 Å². The van der Waals surface area contributed by atoms with Crippen molar-refractivity contribution in [2.45, 2.75) is 24.8 Å². The number of aromatic amines is 1. The fraction of sp³-hybridized carbons (Fsp3) is 0.235. The van der Waals surface area contributed by atoms with Gasteiger partial charge in [-0.1, -0.05) is 29.8 Å². The lowest BCUT2D eigenvalue weighted by atomic mass is 9.76. The maximum absolute atomic E-state index is 6.26. The Bertz CT molecular complexity index is 774. The standard InChI is InChI=1S/C17H16ClN3/c18-16-4-2-1-3-15(16)11-7-14(8-11)20-13-5-6-17-12(9-13)10-19-21-17/h1-6,9-11,14,20H,7-8H2,(H,19,21). The molecule has 0 aliphatic heterocycles. The van der Waals surface area contributed by atoms with Crippen molar-refractivity contribution < 1.29 is 0 Å². The van der Waals surface area contributed by atoms with Crippen LogP contribution in [0.15, 0.2) is 48.7 Å². The van der Waals surface area contributed by atoms with Crippen LogP contribution in [0.1, 0.15) is 24.3 Å². The Hall–Kier alpha value is -2.00. The third-order valence-electron chi connectivity index (χ3n) is 4.29. The molecular formula is C17H16ClN3. The number of aromatic nitrogens is 2. The van der Waals surface area contributed by atoms with Crippen molar-refractivity contribution in [3.8, 4) is 0 Å². The molecule has 1 saturated carbocycles. The van der Waals surface area contributed by atoms with Crippen molar-refractivity contribution in [3.63, 3.8) is 0 Å². The summed E-state index contributed by atoms with van der Waals surface area (Å²) in [5.74, 6) is 0.578. The lowest BCUT2D eigenvalue weighted by Gasteiger charge is -2.37. The molecule has 21 heavy (non-hydrogen) atoms. The van der Waals surface area contributed by atoms with Crippen LogP contribution in [0.2, 0.25) is 5.02 Å². The highest BCUT2D eigenvalue weighted by molar-refractivity contribution is 6.31. The lowest BCUT2D eigenvalue weighted by Crippen LogP contribution is -2.34. The van der Waals surface area contributed by atoms with Crippen LogP contribution in [0.25, 0.3) is 10.9 Å². The van der Waals surface area contributed by atoms with Gasteiger partial charge in [-0.3, -0.25) is 5.10 Å². The van der Waals surface area contributed by atoms with Crippen LogP contribution in [-0.2, 0) is 0 Å². The normalized spacial score (nSPS) is 21.2. The zero-order valence-electron chi connectivity index (χ0n) is 11.5. The topological polar surface area (TPSA) is 40.7 Å². The summed E-state index contributed by atoms with van der Waals surface area (Å²) < 4.78 is 0. The van der Waals surface area contributed by atoms with E-state index >= 15 is 0 Å². The van der Waals surface area contributed by atoms with Gasteiger partial charge in [0.25, 0.3) is 0 Å². The maximum Gasteiger partial charge on any atom is 0.0651 e. The van der Waals surface area contributed by atoms with Gasteiger partial charge in [-0.15, -0.1) is 0 Å². The second kappa shape index (κ2) is 5.08. The van der Waals surface area contributed by atoms with Gasteiger partial charge in [-0.2, -0.15) is 5.10 Å². The largest absolute Gasteiger partial charge is 0.382 e. The van der Waals surface area contributed by atoms with Crippen LogP contribution in [0.5, 0.6) is 0 Å². The van der Waals surface area contributed by atoms with Crippen LogP contribution in [0.3, 0.4) is 0 Å². The number of nitrogens with zero attached hydrogens (tertiary/aromatic N) is 1. The first kappa shape index (κ1) is 12.7. The van der Waals surface area contributed by atoms with Crippen molar-refractivity contribution in [1.29, 1.82) is 0 Å². The number of halogens is 1. The van der Waals surface area contributed by atoms with Crippen molar-refractivity contribution >= 4 is 28.2 Å². The molecule has 0 amide bonds. The molecule has 0 saturated heterocycles. The summed E-state index contributed by atoms with van der Waals surface area (Å²) in [4.78, 5) is 0. The van der Waals surface area contributed by atoms with Gasteiger partial charge in [0.1, 0.15) is 0 Å². The van der Waals surface area contributed by atoms with E-state index in [0.717, 1.165) is 34.5 Å². The zero-order chi connectivity index (χ0) is 14.2. The number of anilines is 1. The predicted octanol–water partition coefficient (Wildman–Crippen LogP) is 4.57. The van der Waals surface area contributed by atoms with Crippen LogP contribution in [0, 0.1) is 0 Å². The first-order valence-electron chi connectivity index (χ1n) is 7.24. The molecule has 4 rings (SSSR count). The van der Waals surface area contributed by atoms with Gasteiger partial charge in [0.2, 0.25) is 0 Å². The molecule has 0 atom stereocenters. The average Bonchev–Trinajstić information content (AvgIpc) is 2.91. The van der Waals surface area contributed by atoms with Crippen molar-refractivity contribution in [2.24, 2.45) is 0 Å². The predicted molar refractivity (Wildman–Crippen MR) is 86.9 cm³/mol. The molecule has 3 aromatic rings. The third-order valence-corrected chi connectivity index (χ3v) is 4.64. The second-order valence-electron chi connectivity index (χ2n) is 5.70. The highest BCUT2D eigenvalue weighted by Gasteiger charge is 2.31. The smallest absolute Gasteiger partial charge is 0.0651 e. The second-order valence-corrected chi connectivity index (χ2v) is 6.11. The molecule has 0 bridgehead atoms. The number of H-pyrrole nitrogens is 1. The van der Waals surface area contributed by atoms with Gasteiger partial charge in [-0.05, 0) is 48.6 Å². The number of hydrogen-bond donors (Lipinski definition) is 2. The van der Waals surface area contributed by atoms with Crippen molar-refractivity contribution in [1.82, 2.24) is 10.2 Å². The number of rotatable bonds is 3. The monoisotopic (exact) mass is 297 g/mol. The Kier molecular flexibility index (Phi) is 3.08. The van der Waals surface area contributed by atoms with Gasteiger partial charge in [0.15, 0.2) is 0 Å².